The highest BCUT2D eigenvalue weighted by molar-refractivity contribution is 5.93. The maximum Gasteiger partial charge on any atom is 0.255 e. The number of aromatic nitrogens is 4. The predicted molar refractivity (Wildman–Crippen MR) is 80.9 cm³/mol. The molecule has 1 amide bonds. The predicted octanol–water partition coefficient (Wildman–Crippen LogP) is 0.0337. The first kappa shape index (κ1) is 15.3. The van der Waals surface area contributed by atoms with Crippen molar-refractivity contribution >= 4 is 5.91 Å². The van der Waals surface area contributed by atoms with Gasteiger partial charge in [0, 0.05) is 24.8 Å². The van der Waals surface area contributed by atoms with Gasteiger partial charge in [-0.25, -0.2) is 4.98 Å². The molecule has 1 N–H and O–H groups in total. The molecule has 120 valence electrons. The van der Waals surface area contributed by atoms with E-state index in [1.807, 2.05) is 0 Å². The number of hydrogen-bond donors (Lipinski definition) is 1. The van der Waals surface area contributed by atoms with Gasteiger partial charge in [-0.15, -0.1) is 0 Å². The lowest BCUT2D eigenvalue weighted by molar-refractivity contribution is -0.0247. The number of ether oxygens (including phenoxy) is 1. The van der Waals surface area contributed by atoms with Gasteiger partial charge in [0.1, 0.15) is 0 Å². The number of morpholine rings is 1. The zero-order valence-electron chi connectivity index (χ0n) is 12.5. The minimum Gasteiger partial charge on any atom is -0.375 e. The highest BCUT2D eigenvalue weighted by atomic mass is 16.5. The average Bonchev–Trinajstić information content (AvgIpc) is 2.60. The van der Waals surface area contributed by atoms with Crippen molar-refractivity contribution in [3.8, 4) is 0 Å². The lowest BCUT2D eigenvalue weighted by Crippen LogP contribution is -2.45. The van der Waals surface area contributed by atoms with Crippen LogP contribution < -0.4 is 5.56 Å². The second-order valence-electron chi connectivity index (χ2n) is 5.32. The van der Waals surface area contributed by atoms with Gasteiger partial charge < -0.3 is 14.6 Å². The van der Waals surface area contributed by atoms with Crippen LogP contribution in [-0.4, -0.2) is 56.8 Å². The third kappa shape index (κ3) is 3.98. The van der Waals surface area contributed by atoms with Crippen molar-refractivity contribution in [1.29, 1.82) is 0 Å². The van der Waals surface area contributed by atoms with E-state index in [0.717, 1.165) is 5.69 Å². The SMILES string of the molecule is O=C(c1ccnnc1)N1CCO[C@H](CCc2cc(=O)[nH]cn2)C1. The van der Waals surface area contributed by atoms with Crippen LogP contribution in [0.4, 0.5) is 0 Å². The first-order valence-corrected chi connectivity index (χ1v) is 7.43. The lowest BCUT2D eigenvalue weighted by atomic mass is 10.1. The van der Waals surface area contributed by atoms with Crippen LogP contribution in [0.25, 0.3) is 0 Å². The van der Waals surface area contributed by atoms with Crippen molar-refractivity contribution in [2.45, 2.75) is 18.9 Å². The van der Waals surface area contributed by atoms with Crippen molar-refractivity contribution < 1.29 is 9.53 Å². The third-order valence-corrected chi connectivity index (χ3v) is 3.71. The number of amides is 1. The smallest absolute Gasteiger partial charge is 0.255 e. The Morgan fingerprint density at radius 1 is 1.43 bits per heavy atom. The summed E-state index contributed by atoms with van der Waals surface area (Å²) in [5.41, 5.74) is 1.08. The molecule has 0 unspecified atom stereocenters. The molecular weight excluding hydrogens is 298 g/mol. The van der Waals surface area contributed by atoms with Crippen LogP contribution in [0.2, 0.25) is 0 Å². The quantitative estimate of drug-likeness (QED) is 0.854. The van der Waals surface area contributed by atoms with E-state index in [9.17, 15) is 9.59 Å². The van der Waals surface area contributed by atoms with E-state index >= 15 is 0 Å². The van der Waals surface area contributed by atoms with Crippen LogP contribution in [0.15, 0.2) is 35.6 Å². The van der Waals surface area contributed by atoms with Gasteiger partial charge in [0.2, 0.25) is 0 Å². The third-order valence-electron chi connectivity index (χ3n) is 3.71. The van der Waals surface area contributed by atoms with Gasteiger partial charge in [-0.05, 0) is 18.9 Å². The number of carbonyl (C=O) groups is 1. The fourth-order valence-electron chi connectivity index (χ4n) is 2.53. The van der Waals surface area contributed by atoms with Gasteiger partial charge in [0.15, 0.2) is 0 Å². The van der Waals surface area contributed by atoms with Crippen LogP contribution in [0.5, 0.6) is 0 Å². The first-order valence-electron chi connectivity index (χ1n) is 7.43. The molecule has 8 nitrogen and oxygen atoms in total. The zero-order chi connectivity index (χ0) is 16.1. The number of hydrogen-bond acceptors (Lipinski definition) is 6. The maximum absolute atomic E-state index is 12.4. The zero-order valence-corrected chi connectivity index (χ0v) is 12.5. The monoisotopic (exact) mass is 315 g/mol. The summed E-state index contributed by atoms with van der Waals surface area (Å²) < 4.78 is 5.71. The van der Waals surface area contributed by atoms with Crippen LogP contribution in [0, 0.1) is 0 Å². The van der Waals surface area contributed by atoms with E-state index in [4.69, 9.17) is 4.74 Å². The van der Waals surface area contributed by atoms with Crippen molar-refractivity contribution in [2.75, 3.05) is 19.7 Å². The number of H-pyrrole nitrogens is 1. The minimum atomic E-state index is -0.165. The molecule has 23 heavy (non-hydrogen) atoms. The number of rotatable bonds is 4. The Bertz CT molecular complexity index is 718. The maximum atomic E-state index is 12.4. The van der Waals surface area contributed by atoms with Crippen molar-refractivity contribution in [2.24, 2.45) is 0 Å². The Hall–Kier alpha value is -2.61. The summed E-state index contributed by atoms with van der Waals surface area (Å²) in [7, 11) is 0. The van der Waals surface area contributed by atoms with E-state index in [1.54, 1.807) is 11.0 Å². The number of nitrogens with one attached hydrogen (secondary N) is 1. The van der Waals surface area contributed by atoms with E-state index in [-0.39, 0.29) is 17.6 Å². The highest BCUT2D eigenvalue weighted by Gasteiger charge is 2.25. The molecule has 1 fully saturated rings. The Morgan fingerprint density at radius 2 is 2.35 bits per heavy atom. The Labute approximate surface area is 132 Å². The van der Waals surface area contributed by atoms with Crippen molar-refractivity contribution in [3.63, 3.8) is 0 Å². The van der Waals surface area contributed by atoms with Crippen LogP contribution in [0.1, 0.15) is 22.5 Å². The molecule has 0 spiro atoms. The Balaban J connectivity index is 1.58. The molecule has 2 aromatic heterocycles. The molecule has 0 aromatic carbocycles. The summed E-state index contributed by atoms with van der Waals surface area (Å²) in [5, 5.41) is 7.41. The van der Waals surface area contributed by atoms with E-state index < -0.39 is 0 Å². The largest absolute Gasteiger partial charge is 0.375 e. The fraction of sp³-hybridized carbons (Fsp3) is 0.400. The molecule has 2 aromatic rings. The van der Waals surface area contributed by atoms with Crippen LogP contribution >= 0.6 is 0 Å². The molecule has 0 aliphatic carbocycles. The van der Waals surface area contributed by atoms with E-state index in [0.29, 0.717) is 38.1 Å². The van der Waals surface area contributed by atoms with Gasteiger partial charge in [-0.3, -0.25) is 9.59 Å². The minimum absolute atomic E-state index is 0.0661. The molecule has 0 saturated carbocycles. The fourth-order valence-corrected chi connectivity index (χ4v) is 2.53. The summed E-state index contributed by atoms with van der Waals surface area (Å²) in [6.45, 7) is 1.57. The van der Waals surface area contributed by atoms with Crippen molar-refractivity contribution in [3.05, 3.63) is 52.5 Å². The number of aromatic amines is 1. The summed E-state index contributed by atoms with van der Waals surface area (Å²) in [6.07, 6.45) is 5.63. The molecule has 0 bridgehead atoms. The number of carbonyl (C=O) groups excluding carboxylic acids is 1. The van der Waals surface area contributed by atoms with Gasteiger partial charge >= 0.3 is 0 Å². The Morgan fingerprint density at radius 3 is 3.13 bits per heavy atom. The Kier molecular flexibility index (Phi) is 4.72. The van der Waals surface area contributed by atoms with Crippen molar-refractivity contribution in [1.82, 2.24) is 25.1 Å². The standard InChI is InChI=1S/C15H17N5O3/c21-14-7-12(16-10-17-14)1-2-13-9-20(5-6-23-13)15(22)11-3-4-18-19-8-11/h3-4,7-8,10,13H,1-2,5-6,9H2,(H,16,17,21)/t13-/m1/s1. The molecule has 3 heterocycles. The van der Waals surface area contributed by atoms with Crippen LogP contribution in [-0.2, 0) is 11.2 Å². The van der Waals surface area contributed by atoms with Crippen LogP contribution in [0.3, 0.4) is 0 Å². The molecule has 3 rings (SSSR count). The summed E-state index contributed by atoms with van der Waals surface area (Å²) in [6, 6.07) is 3.13. The topological polar surface area (TPSA) is 101 Å². The molecule has 1 aliphatic heterocycles. The second kappa shape index (κ2) is 7.10. The highest BCUT2D eigenvalue weighted by Crippen LogP contribution is 2.13. The van der Waals surface area contributed by atoms with E-state index in [1.165, 1.54) is 24.8 Å². The molecule has 1 atom stereocenters. The normalized spacial score (nSPS) is 17.9. The molecule has 1 saturated heterocycles. The lowest BCUT2D eigenvalue weighted by Gasteiger charge is -2.33. The number of aryl methyl sites for hydroxylation is 1. The molecule has 0 radical (unpaired) electrons. The summed E-state index contributed by atoms with van der Waals surface area (Å²) >= 11 is 0. The molecule has 1 aliphatic rings. The first-order chi connectivity index (χ1) is 11.2. The summed E-state index contributed by atoms with van der Waals surface area (Å²) in [4.78, 5) is 32.0. The second-order valence-corrected chi connectivity index (χ2v) is 5.32. The van der Waals surface area contributed by atoms with Gasteiger partial charge in [0.05, 0.1) is 37.0 Å². The van der Waals surface area contributed by atoms with Gasteiger partial charge in [0.25, 0.3) is 11.5 Å². The average molecular weight is 315 g/mol. The number of nitrogens with zero attached hydrogens (tertiary/aromatic N) is 4. The molecule has 8 heteroatoms. The van der Waals surface area contributed by atoms with E-state index in [2.05, 4.69) is 20.2 Å². The van der Waals surface area contributed by atoms with Gasteiger partial charge in [-0.1, -0.05) is 0 Å². The summed E-state index contributed by atoms with van der Waals surface area (Å²) in [5.74, 6) is -0.0671. The molecular formula is C15H17N5O3. The van der Waals surface area contributed by atoms with Gasteiger partial charge in [-0.2, -0.15) is 10.2 Å².